The average molecular weight is 317 g/mol. The van der Waals surface area contributed by atoms with Gasteiger partial charge in [0.2, 0.25) is 10.0 Å². The highest BCUT2D eigenvalue weighted by atomic mass is 32.2. The first-order valence-electron chi connectivity index (χ1n) is 6.38. The van der Waals surface area contributed by atoms with Crippen LogP contribution in [0.2, 0.25) is 0 Å². The summed E-state index contributed by atoms with van der Waals surface area (Å²) in [5.41, 5.74) is 5.91. The normalized spacial score (nSPS) is 17.2. The standard InChI is InChI=1S/C12H19N3O3S2/c1-15(2)20(17,18)10-5-6-19-11(10)12(16)14-7-9(13)8-3-4-8/h5-6,8-9H,3-4,7,13H2,1-2H3,(H,14,16). The Balaban J connectivity index is 2.09. The van der Waals surface area contributed by atoms with Crippen LogP contribution in [0.4, 0.5) is 0 Å². The van der Waals surface area contributed by atoms with Gasteiger partial charge in [-0.15, -0.1) is 11.3 Å². The van der Waals surface area contributed by atoms with Crippen LogP contribution in [0.3, 0.4) is 0 Å². The highest BCUT2D eigenvalue weighted by Crippen LogP contribution is 2.31. The van der Waals surface area contributed by atoms with E-state index < -0.39 is 10.0 Å². The van der Waals surface area contributed by atoms with Crippen LogP contribution in [0.25, 0.3) is 0 Å². The first-order chi connectivity index (χ1) is 9.34. The Morgan fingerprint density at radius 1 is 1.55 bits per heavy atom. The lowest BCUT2D eigenvalue weighted by Crippen LogP contribution is -2.38. The zero-order valence-corrected chi connectivity index (χ0v) is 13.1. The van der Waals surface area contributed by atoms with Crippen LogP contribution in [-0.4, -0.2) is 45.3 Å². The Morgan fingerprint density at radius 2 is 2.20 bits per heavy atom. The van der Waals surface area contributed by atoms with Crippen molar-refractivity contribution in [1.82, 2.24) is 9.62 Å². The number of hydrogen-bond donors (Lipinski definition) is 2. The van der Waals surface area contributed by atoms with E-state index in [1.54, 1.807) is 5.38 Å². The van der Waals surface area contributed by atoms with Crippen LogP contribution in [0.15, 0.2) is 16.3 Å². The van der Waals surface area contributed by atoms with Gasteiger partial charge >= 0.3 is 0 Å². The largest absolute Gasteiger partial charge is 0.350 e. The molecule has 8 heteroatoms. The maximum absolute atomic E-state index is 12.1. The van der Waals surface area contributed by atoms with Crippen molar-refractivity contribution in [3.8, 4) is 0 Å². The van der Waals surface area contributed by atoms with Crippen molar-refractivity contribution in [3.05, 3.63) is 16.3 Å². The van der Waals surface area contributed by atoms with Gasteiger partial charge in [-0.2, -0.15) is 0 Å². The Bertz CT molecular complexity index is 591. The lowest BCUT2D eigenvalue weighted by molar-refractivity contribution is 0.0951. The summed E-state index contributed by atoms with van der Waals surface area (Å²) in [5.74, 6) is 0.111. The topological polar surface area (TPSA) is 92.5 Å². The molecule has 0 radical (unpaired) electrons. The van der Waals surface area contributed by atoms with Gasteiger partial charge in [-0.3, -0.25) is 4.79 Å². The van der Waals surface area contributed by atoms with Crippen LogP contribution in [-0.2, 0) is 10.0 Å². The molecule has 1 aliphatic carbocycles. The maximum atomic E-state index is 12.1. The number of nitrogens with one attached hydrogen (secondary N) is 1. The SMILES string of the molecule is CN(C)S(=O)(=O)c1ccsc1C(=O)NCC(N)C1CC1. The Labute approximate surface area is 123 Å². The summed E-state index contributed by atoms with van der Waals surface area (Å²) in [7, 11) is -0.716. The van der Waals surface area contributed by atoms with Crippen LogP contribution in [0.1, 0.15) is 22.5 Å². The van der Waals surface area contributed by atoms with Gasteiger partial charge in [-0.25, -0.2) is 12.7 Å². The van der Waals surface area contributed by atoms with E-state index in [2.05, 4.69) is 5.32 Å². The molecule has 0 bridgehead atoms. The summed E-state index contributed by atoms with van der Waals surface area (Å²) < 4.78 is 25.3. The molecule has 6 nitrogen and oxygen atoms in total. The fraction of sp³-hybridized carbons (Fsp3) is 0.583. The van der Waals surface area contributed by atoms with Gasteiger partial charge in [0.1, 0.15) is 9.77 Å². The molecule has 1 fully saturated rings. The molecule has 20 heavy (non-hydrogen) atoms. The molecule has 3 N–H and O–H groups in total. The van der Waals surface area contributed by atoms with Crippen molar-refractivity contribution in [1.29, 1.82) is 0 Å². The molecule has 2 rings (SSSR count). The van der Waals surface area contributed by atoms with E-state index in [-0.39, 0.29) is 21.7 Å². The molecule has 1 aromatic heterocycles. The second-order valence-corrected chi connectivity index (χ2v) is 8.15. The number of thiophene rings is 1. The second-order valence-electron chi connectivity index (χ2n) is 5.11. The second kappa shape index (κ2) is 5.80. The van der Waals surface area contributed by atoms with Crippen LogP contribution in [0, 0.1) is 5.92 Å². The van der Waals surface area contributed by atoms with Gasteiger partial charge in [0, 0.05) is 26.7 Å². The molecule has 0 spiro atoms. The molecule has 1 aliphatic rings. The maximum Gasteiger partial charge on any atom is 0.262 e. The van der Waals surface area contributed by atoms with Gasteiger partial charge in [-0.1, -0.05) is 0 Å². The number of nitrogens with two attached hydrogens (primary N) is 1. The third-order valence-corrected chi connectivity index (χ3v) is 6.22. The van der Waals surface area contributed by atoms with Crippen LogP contribution >= 0.6 is 11.3 Å². The first kappa shape index (κ1) is 15.4. The van der Waals surface area contributed by atoms with Gasteiger partial charge in [0.25, 0.3) is 5.91 Å². The molecule has 1 unspecified atom stereocenters. The predicted molar refractivity (Wildman–Crippen MR) is 78.2 cm³/mol. The monoisotopic (exact) mass is 317 g/mol. The summed E-state index contributed by atoms with van der Waals surface area (Å²) in [4.78, 5) is 12.4. The van der Waals surface area contributed by atoms with Crippen molar-refractivity contribution in [2.24, 2.45) is 11.7 Å². The number of hydrogen-bond acceptors (Lipinski definition) is 5. The van der Waals surface area contributed by atoms with E-state index in [4.69, 9.17) is 5.73 Å². The quantitative estimate of drug-likeness (QED) is 0.797. The summed E-state index contributed by atoms with van der Waals surface area (Å²) in [6, 6.07) is 1.41. The fourth-order valence-corrected chi connectivity index (χ4v) is 4.06. The minimum Gasteiger partial charge on any atom is -0.350 e. The minimum atomic E-state index is -3.60. The van der Waals surface area contributed by atoms with E-state index in [1.165, 1.54) is 20.2 Å². The number of nitrogens with zero attached hydrogens (tertiary/aromatic N) is 1. The van der Waals surface area contributed by atoms with Gasteiger partial charge in [0.05, 0.1) is 0 Å². The molecule has 1 atom stereocenters. The summed E-state index contributed by atoms with van der Waals surface area (Å²) in [6.45, 7) is 0.378. The molecule has 0 saturated heterocycles. The number of amides is 1. The Morgan fingerprint density at radius 3 is 2.75 bits per heavy atom. The number of carbonyl (C=O) groups is 1. The van der Waals surface area contributed by atoms with Crippen molar-refractivity contribution in [2.45, 2.75) is 23.8 Å². The van der Waals surface area contributed by atoms with E-state index in [0.717, 1.165) is 28.5 Å². The third kappa shape index (κ3) is 3.20. The van der Waals surface area contributed by atoms with Crippen molar-refractivity contribution in [2.75, 3.05) is 20.6 Å². The third-order valence-electron chi connectivity index (χ3n) is 3.32. The average Bonchev–Trinajstić information content (AvgIpc) is 3.11. The number of carbonyl (C=O) groups excluding carboxylic acids is 1. The van der Waals surface area contributed by atoms with Crippen molar-refractivity contribution >= 4 is 27.3 Å². The summed E-state index contributed by atoms with van der Waals surface area (Å²) in [6.07, 6.45) is 2.21. The highest BCUT2D eigenvalue weighted by Gasteiger charge is 2.30. The Kier molecular flexibility index (Phi) is 4.48. The van der Waals surface area contributed by atoms with E-state index in [1.807, 2.05) is 0 Å². The number of sulfonamides is 1. The molecule has 0 aromatic carbocycles. The minimum absolute atomic E-state index is 0.0463. The predicted octanol–water partition coefficient (Wildman–Crippen LogP) is 0.465. The van der Waals surface area contributed by atoms with E-state index >= 15 is 0 Å². The summed E-state index contributed by atoms with van der Waals surface area (Å²) in [5, 5.41) is 4.32. The summed E-state index contributed by atoms with van der Waals surface area (Å²) >= 11 is 1.12. The lowest BCUT2D eigenvalue weighted by Gasteiger charge is -2.13. The first-order valence-corrected chi connectivity index (χ1v) is 8.70. The molecular weight excluding hydrogens is 298 g/mol. The molecular formula is C12H19N3O3S2. The van der Waals surface area contributed by atoms with Gasteiger partial charge < -0.3 is 11.1 Å². The van der Waals surface area contributed by atoms with Gasteiger partial charge in [0.15, 0.2) is 0 Å². The smallest absolute Gasteiger partial charge is 0.262 e. The van der Waals surface area contributed by atoms with Crippen LogP contribution < -0.4 is 11.1 Å². The molecule has 0 aliphatic heterocycles. The van der Waals surface area contributed by atoms with Crippen LogP contribution in [0.5, 0.6) is 0 Å². The van der Waals surface area contributed by atoms with Crippen molar-refractivity contribution in [3.63, 3.8) is 0 Å². The lowest BCUT2D eigenvalue weighted by atomic mass is 10.2. The van der Waals surface area contributed by atoms with E-state index in [0.29, 0.717) is 12.5 Å². The zero-order chi connectivity index (χ0) is 14.9. The Hall–Kier alpha value is -0.960. The van der Waals surface area contributed by atoms with Gasteiger partial charge in [-0.05, 0) is 30.2 Å². The number of rotatable bonds is 6. The molecule has 112 valence electrons. The zero-order valence-electron chi connectivity index (χ0n) is 11.5. The van der Waals surface area contributed by atoms with Crippen molar-refractivity contribution < 1.29 is 13.2 Å². The van der Waals surface area contributed by atoms with E-state index in [9.17, 15) is 13.2 Å². The molecule has 1 aromatic rings. The highest BCUT2D eigenvalue weighted by molar-refractivity contribution is 7.89. The fourth-order valence-electron chi connectivity index (χ4n) is 1.84. The molecule has 1 heterocycles. The molecule has 1 amide bonds. The molecule has 1 saturated carbocycles.